The van der Waals surface area contributed by atoms with Crippen LogP contribution in [-0.2, 0) is 0 Å². The van der Waals surface area contributed by atoms with Gasteiger partial charge < -0.3 is 4.42 Å². The molecule has 62 heavy (non-hydrogen) atoms. The summed E-state index contributed by atoms with van der Waals surface area (Å²) < 4.78 is 7.62. The van der Waals surface area contributed by atoms with Crippen LogP contribution < -0.4 is 0 Å². The standard InChI is InChI=1S/C56H34N4OS/c1-3-15-35(16-4-1)37-19-11-23-41(31-37)51-49-45-27-7-9-29-47(45)61-55(49)59-53(57-51)43-25-13-21-39(33-43)40-22-14-26-44(34-40)54-58-52(50-46-28-8-10-30-48(46)62-56(50)60-54)42-24-12-20-38(32-42)36-17-5-2-6-18-36/h1-34H. The van der Waals surface area contributed by atoms with Crippen LogP contribution in [0.15, 0.2) is 211 Å². The van der Waals surface area contributed by atoms with Gasteiger partial charge in [-0.05, 0) is 69.8 Å². The quantitative estimate of drug-likeness (QED) is 0.160. The van der Waals surface area contributed by atoms with Crippen molar-refractivity contribution in [3.8, 4) is 78.7 Å². The number of fused-ring (bicyclic) bond motifs is 6. The van der Waals surface area contributed by atoms with Crippen LogP contribution in [0.2, 0.25) is 0 Å². The number of rotatable bonds is 7. The topological polar surface area (TPSA) is 64.7 Å². The van der Waals surface area contributed by atoms with Crippen molar-refractivity contribution in [2.75, 3.05) is 0 Å². The average Bonchev–Trinajstić information content (AvgIpc) is 3.93. The number of benzene rings is 8. The lowest BCUT2D eigenvalue weighted by molar-refractivity contribution is 0.653. The van der Waals surface area contributed by atoms with Crippen LogP contribution in [0.1, 0.15) is 0 Å². The summed E-state index contributed by atoms with van der Waals surface area (Å²) in [4.78, 5) is 22.0. The first kappa shape index (κ1) is 35.8. The number of hydrogen-bond donors (Lipinski definition) is 0. The van der Waals surface area contributed by atoms with Crippen LogP contribution in [0.25, 0.3) is 121 Å². The fourth-order valence-electron chi connectivity index (χ4n) is 8.55. The Bertz CT molecular complexity index is 3410. The molecule has 0 radical (unpaired) electrons. The zero-order valence-corrected chi connectivity index (χ0v) is 34.1. The van der Waals surface area contributed by atoms with Crippen molar-refractivity contribution in [2.24, 2.45) is 0 Å². The molecular formula is C56H34N4OS. The fraction of sp³-hybridized carbons (Fsp3) is 0. The summed E-state index contributed by atoms with van der Waals surface area (Å²) >= 11 is 1.71. The molecule has 6 heteroatoms. The highest BCUT2D eigenvalue weighted by atomic mass is 32.1. The molecule has 0 unspecified atom stereocenters. The van der Waals surface area contributed by atoms with E-state index in [0.29, 0.717) is 17.4 Å². The molecule has 4 heterocycles. The smallest absolute Gasteiger partial charge is 0.231 e. The number of aromatic nitrogens is 4. The third-order valence-electron chi connectivity index (χ3n) is 11.5. The minimum Gasteiger partial charge on any atom is -0.438 e. The zero-order chi connectivity index (χ0) is 41.0. The van der Waals surface area contributed by atoms with Crippen molar-refractivity contribution in [3.63, 3.8) is 0 Å². The van der Waals surface area contributed by atoms with Gasteiger partial charge in [0.1, 0.15) is 10.4 Å². The molecule has 5 nitrogen and oxygen atoms in total. The molecule has 0 spiro atoms. The number of para-hydroxylation sites is 1. The predicted octanol–water partition coefficient (Wildman–Crippen LogP) is 15.2. The van der Waals surface area contributed by atoms with E-state index in [1.165, 1.54) is 15.6 Å². The molecule has 8 aromatic carbocycles. The molecule has 12 aromatic rings. The molecule has 0 saturated heterocycles. The van der Waals surface area contributed by atoms with Crippen LogP contribution in [0.4, 0.5) is 0 Å². The first-order valence-corrected chi connectivity index (χ1v) is 21.4. The van der Waals surface area contributed by atoms with Gasteiger partial charge in [-0.15, -0.1) is 11.3 Å². The first-order valence-electron chi connectivity index (χ1n) is 20.6. The molecule has 0 bridgehead atoms. The van der Waals surface area contributed by atoms with Crippen LogP contribution in [0.5, 0.6) is 0 Å². The van der Waals surface area contributed by atoms with Crippen LogP contribution in [-0.4, -0.2) is 19.9 Å². The lowest BCUT2D eigenvalue weighted by atomic mass is 9.98. The Labute approximate surface area is 361 Å². The molecule has 290 valence electrons. The molecule has 0 saturated carbocycles. The van der Waals surface area contributed by atoms with Crippen molar-refractivity contribution >= 4 is 53.7 Å². The second-order valence-electron chi connectivity index (χ2n) is 15.4. The van der Waals surface area contributed by atoms with E-state index in [0.717, 1.165) is 88.0 Å². The highest BCUT2D eigenvalue weighted by molar-refractivity contribution is 7.25. The number of nitrogens with zero attached hydrogens (tertiary/aromatic N) is 4. The van der Waals surface area contributed by atoms with Crippen molar-refractivity contribution in [1.29, 1.82) is 0 Å². The maximum absolute atomic E-state index is 6.43. The molecule has 0 amide bonds. The van der Waals surface area contributed by atoms with E-state index < -0.39 is 0 Å². The van der Waals surface area contributed by atoms with Gasteiger partial charge in [0.25, 0.3) is 0 Å². The van der Waals surface area contributed by atoms with E-state index in [4.69, 9.17) is 24.4 Å². The predicted molar refractivity (Wildman–Crippen MR) is 256 cm³/mol. The Morgan fingerprint density at radius 2 is 0.758 bits per heavy atom. The van der Waals surface area contributed by atoms with Gasteiger partial charge in [0.05, 0.1) is 16.8 Å². The Hall–Kier alpha value is -8.06. The number of hydrogen-bond acceptors (Lipinski definition) is 6. The summed E-state index contributed by atoms with van der Waals surface area (Å²) in [7, 11) is 0. The van der Waals surface area contributed by atoms with E-state index in [9.17, 15) is 0 Å². The van der Waals surface area contributed by atoms with Gasteiger partial charge in [-0.2, -0.15) is 4.98 Å². The van der Waals surface area contributed by atoms with E-state index >= 15 is 0 Å². The Morgan fingerprint density at radius 3 is 1.37 bits per heavy atom. The highest BCUT2D eigenvalue weighted by Gasteiger charge is 2.20. The lowest BCUT2D eigenvalue weighted by Crippen LogP contribution is -1.95. The summed E-state index contributed by atoms with van der Waals surface area (Å²) in [6.45, 7) is 0. The van der Waals surface area contributed by atoms with Crippen molar-refractivity contribution < 1.29 is 4.42 Å². The summed E-state index contributed by atoms with van der Waals surface area (Å²) in [6.07, 6.45) is 0. The Balaban J connectivity index is 0.969. The first-order chi connectivity index (χ1) is 30.7. The molecule has 0 atom stereocenters. The van der Waals surface area contributed by atoms with Gasteiger partial charge in [-0.25, -0.2) is 15.0 Å². The van der Waals surface area contributed by atoms with Crippen LogP contribution in [0.3, 0.4) is 0 Å². The van der Waals surface area contributed by atoms with Gasteiger partial charge in [0, 0.05) is 43.1 Å². The molecular weight excluding hydrogens is 777 g/mol. The minimum atomic E-state index is 0.558. The largest absolute Gasteiger partial charge is 0.438 e. The maximum Gasteiger partial charge on any atom is 0.231 e. The van der Waals surface area contributed by atoms with E-state index in [1.54, 1.807) is 11.3 Å². The number of furan rings is 1. The summed E-state index contributed by atoms with van der Waals surface area (Å²) in [5, 5.41) is 4.14. The minimum absolute atomic E-state index is 0.558. The Morgan fingerprint density at radius 1 is 0.323 bits per heavy atom. The van der Waals surface area contributed by atoms with Crippen LogP contribution >= 0.6 is 11.3 Å². The monoisotopic (exact) mass is 810 g/mol. The maximum atomic E-state index is 6.43. The average molecular weight is 811 g/mol. The molecule has 0 N–H and O–H groups in total. The molecule has 12 rings (SSSR count). The normalized spacial score (nSPS) is 11.5. The van der Waals surface area contributed by atoms with Crippen LogP contribution in [0, 0.1) is 0 Å². The molecule has 0 fully saturated rings. The summed E-state index contributed by atoms with van der Waals surface area (Å²) in [6, 6.07) is 71.7. The van der Waals surface area contributed by atoms with E-state index in [2.05, 4.69) is 176 Å². The van der Waals surface area contributed by atoms with Gasteiger partial charge in [-0.1, -0.05) is 170 Å². The van der Waals surface area contributed by atoms with Gasteiger partial charge in [0.15, 0.2) is 11.6 Å². The van der Waals surface area contributed by atoms with Gasteiger partial charge in [-0.3, -0.25) is 0 Å². The zero-order valence-electron chi connectivity index (χ0n) is 33.2. The molecule has 0 aliphatic heterocycles. The second kappa shape index (κ2) is 14.9. The molecule has 0 aliphatic carbocycles. The Kier molecular flexibility index (Phi) is 8.61. The number of thiophene rings is 1. The van der Waals surface area contributed by atoms with Gasteiger partial charge >= 0.3 is 0 Å². The second-order valence-corrected chi connectivity index (χ2v) is 16.4. The van der Waals surface area contributed by atoms with E-state index in [1.807, 2.05) is 30.3 Å². The van der Waals surface area contributed by atoms with Gasteiger partial charge in [0.2, 0.25) is 5.71 Å². The third kappa shape index (κ3) is 6.33. The van der Waals surface area contributed by atoms with E-state index in [-0.39, 0.29) is 0 Å². The molecule has 0 aliphatic rings. The van der Waals surface area contributed by atoms with Crippen molar-refractivity contribution in [1.82, 2.24) is 19.9 Å². The fourth-order valence-corrected chi connectivity index (χ4v) is 9.63. The highest BCUT2D eigenvalue weighted by Crippen LogP contribution is 2.42. The molecule has 4 aromatic heterocycles. The van der Waals surface area contributed by atoms with Crippen molar-refractivity contribution in [3.05, 3.63) is 206 Å². The summed E-state index contributed by atoms with van der Waals surface area (Å²) in [5.74, 6) is 1.28. The van der Waals surface area contributed by atoms with Crippen molar-refractivity contribution in [2.45, 2.75) is 0 Å². The lowest BCUT2D eigenvalue weighted by Gasteiger charge is -2.11. The summed E-state index contributed by atoms with van der Waals surface area (Å²) in [5.41, 5.74) is 13.6. The SMILES string of the molecule is c1ccc(-c2cccc(-c3nc(-c4cccc(-c5cccc(-c6nc(-c7cccc(-c8ccccc8)c7)c7c(n6)sc6ccccc67)c5)c4)nc4oc5ccccc5c34)c2)cc1. The third-order valence-corrected chi connectivity index (χ3v) is 12.6.